The molecule has 0 saturated carbocycles. The summed E-state index contributed by atoms with van der Waals surface area (Å²) in [5.41, 5.74) is 2.33. The number of anilines is 3. The molecule has 0 aliphatic heterocycles. The molecule has 0 amide bonds. The average Bonchev–Trinajstić information content (AvgIpc) is 3.42. The average molecular weight is 542 g/mol. The first-order chi connectivity index (χ1) is 17.2. The zero-order valence-electron chi connectivity index (χ0n) is 19.7. The van der Waals surface area contributed by atoms with Crippen LogP contribution >= 0.6 is 22.7 Å². The van der Waals surface area contributed by atoms with Crippen LogP contribution in [0.3, 0.4) is 0 Å². The Morgan fingerprint density at radius 2 is 1.69 bits per heavy atom. The van der Waals surface area contributed by atoms with E-state index in [4.69, 9.17) is 4.74 Å². The van der Waals surface area contributed by atoms with Crippen molar-refractivity contribution in [1.82, 2.24) is 4.98 Å². The number of esters is 1. The van der Waals surface area contributed by atoms with Gasteiger partial charge in [0.1, 0.15) is 14.8 Å². The number of nitrogens with zero attached hydrogens (tertiary/aromatic N) is 1. The number of carbonyl (C=O) groups is 2. The van der Waals surface area contributed by atoms with Crippen LogP contribution in [0.25, 0.3) is 0 Å². The van der Waals surface area contributed by atoms with Crippen LogP contribution in [0.4, 0.5) is 15.8 Å². The number of ether oxygens (including phenoxy) is 1. The topological polar surface area (TPSA) is 114 Å². The fraction of sp³-hybridized carbons (Fsp3) is 0.160. The number of hydrogen-bond acceptors (Lipinski definition) is 9. The van der Waals surface area contributed by atoms with Crippen LogP contribution in [0.1, 0.15) is 43.1 Å². The minimum Gasteiger partial charge on any atom is -0.462 e. The highest BCUT2D eigenvalue weighted by Gasteiger charge is 2.26. The van der Waals surface area contributed by atoms with Gasteiger partial charge in [-0.2, -0.15) is 0 Å². The highest BCUT2D eigenvalue weighted by molar-refractivity contribution is 7.93. The van der Waals surface area contributed by atoms with E-state index >= 15 is 0 Å². The Hall–Kier alpha value is -3.54. The molecule has 2 heterocycles. The van der Waals surface area contributed by atoms with Crippen LogP contribution in [-0.4, -0.2) is 31.8 Å². The van der Waals surface area contributed by atoms with Crippen LogP contribution in [0.2, 0.25) is 0 Å². The molecular weight excluding hydrogens is 518 g/mol. The van der Waals surface area contributed by atoms with Crippen molar-refractivity contribution in [2.75, 3.05) is 16.6 Å². The standard InChI is InChI=1S/C25H23N3O5S3/c1-4-33-24(30)20-14-19(23(34-20)27-17-8-6-5-7-9-17)21(29)22-16(3)26-25(35-22)28-36(31,32)18-12-10-15(2)11-13-18/h5-14,27H,4H2,1-3H3,(H,26,28). The Morgan fingerprint density at radius 3 is 2.36 bits per heavy atom. The van der Waals surface area contributed by atoms with Crippen molar-refractivity contribution in [1.29, 1.82) is 0 Å². The van der Waals surface area contributed by atoms with Gasteiger partial charge in [-0.1, -0.05) is 47.2 Å². The summed E-state index contributed by atoms with van der Waals surface area (Å²) in [4.78, 5) is 30.8. The quantitative estimate of drug-likeness (QED) is 0.204. The lowest BCUT2D eigenvalue weighted by Gasteiger charge is -2.06. The molecule has 2 N–H and O–H groups in total. The van der Waals surface area contributed by atoms with Crippen LogP contribution in [-0.2, 0) is 14.8 Å². The fourth-order valence-corrected chi connectivity index (χ4v) is 6.40. The summed E-state index contributed by atoms with van der Waals surface area (Å²) in [7, 11) is -3.87. The molecule has 0 radical (unpaired) electrons. The number of nitrogens with one attached hydrogen (secondary N) is 2. The zero-order chi connectivity index (χ0) is 25.9. The molecule has 186 valence electrons. The maximum atomic E-state index is 13.6. The molecule has 0 atom stereocenters. The lowest BCUT2D eigenvalue weighted by molar-refractivity contribution is 0.0532. The van der Waals surface area contributed by atoms with Crippen LogP contribution in [0.15, 0.2) is 65.6 Å². The van der Waals surface area contributed by atoms with Gasteiger partial charge in [0.2, 0.25) is 5.78 Å². The molecule has 0 saturated heterocycles. The third-order valence-electron chi connectivity index (χ3n) is 5.04. The molecule has 2 aromatic carbocycles. The molecule has 11 heteroatoms. The highest BCUT2D eigenvalue weighted by Crippen LogP contribution is 2.36. The highest BCUT2D eigenvalue weighted by atomic mass is 32.2. The number of para-hydroxylation sites is 1. The molecule has 0 aliphatic rings. The summed E-state index contributed by atoms with van der Waals surface area (Å²) in [6.45, 7) is 5.42. The second-order valence-corrected chi connectivity index (χ2v) is 11.5. The van der Waals surface area contributed by atoms with Gasteiger partial charge in [0.15, 0.2) is 5.13 Å². The molecule has 8 nitrogen and oxygen atoms in total. The van der Waals surface area contributed by atoms with Gasteiger partial charge >= 0.3 is 5.97 Å². The van der Waals surface area contributed by atoms with E-state index in [2.05, 4.69) is 15.0 Å². The van der Waals surface area contributed by atoms with E-state index in [-0.39, 0.29) is 37.7 Å². The maximum Gasteiger partial charge on any atom is 0.348 e. The number of benzene rings is 2. The summed E-state index contributed by atoms with van der Waals surface area (Å²) in [5.74, 6) is -0.902. The van der Waals surface area contributed by atoms with Crippen molar-refractivity contribution in [3.63, 3.8) is 0 Å². The molecule has 0 fully saturated rings. The van der Waals surface area contributed by atoms with Gasteiger partial charge in [-0.3, -0.25) is 9.52 Å². The first kappa shape index (κ1) is 25.5. The lowest BCUT2D eigenvalue weighted by Crippen LogP contribution is -2.12. The third kappa shape index (κ3) is 5.64. The van der Waals surface area contributed by atoms with Crippen molar-refractivity contribution in [3.8, 4) is 0 Å². The second-order valence-electron chi connectivity index (χ2n) is 7.75. The van der Waals surface area contributed by atoms with Crippen molar-refractivity contribution in [2.45, 2.75) is 25.7 Å². The predicted octanol–water partition coefficient (Wildman–Crippen LogP) is 5.77. The van der Waals surface area contributed by atoms with E-state index in [1.54, 1.807) is 26.0 Å². The molecule has 4 aromatic rings. The monoisotopic (exact) mass is 541 g/mol. The van der Waals surface area contributed by atoms with Crippen molar-refractivity contribution >= 4 is 60.3 Å². The Morgan fingerprint density at radius 1 is 1.00 bits per heavy atom. The fourth-order valence-electron chi connectivity index (χ4n) is 3.27. The number of aromatic nitrogens is 1. The van der Waals surface area contributed by atoms with E-state index in [1.807, 2.05) is 37.3 Å². The number of thiazole rings is 1. The van der Waals surface area contributed by atoms with Crippen molar-refractivity contribution < 1.29 is 22.7 Å². The van der Waals surface area contributed by atoms with Gasteiger partial charge in [-0.25, -0.2) is 18.2 Å². The molecule has 4 rings (SSSR count). The van der Waals surface area contributed by atoms with E-state index in [1.165, 1.54) is 18.2 Å². The van der Waals surface area contributed by atoms with Crippen molar-refractivity contribution in [3.05, 3.63) is 87.2 Å². The molecule has 2 aromatic heterocycles. The number of hydrogen-bond donors (Lipinski definition) is 2. The lowest BCUT2D eigenvalue weighted by atomic mass is 10.1. The number of rotatable bonds is 9. The van der Waals surface area contributed by atoms with E-state index < -0.39 is 16.0 Å². The number of aryl methyl sites for hydroxylation is 2. The van der Waals surface area contributed by atoms with Gasteiger partial charge in [-0.15, -0.1) is 11.3 Å². The van der Waals surface area contributed by atoms with Gasteiger partial charge in [0.05, 0.1) is 22.8 Å². The molecule has 0 bridgehead atoms. The minimum absolute atomic E-state index is 0.0786. The van der Waals surface area contributed by atoms with E-state index in [0.717, 1.165) is 33.9 Å². The smallest absolute Gasteiger partial charge is 0.348 e. The number of thiophene rings is 1. The minimum atomic E-state index is -3.87. The van der Waals surface area contributed by atoms with Gasteiger partial charge < -0.3 is 10.1 Å². The van der Waals surface area contributed by atoms with Crippen LogP contribution < -0.4 is 10.0 Å². The SMILES string of the molecule is CCOC(=O)c1cc(C(=O)c2sc(NS(=O)(=O)c3ccc(C)cc3)nc2C)c(Nc2ccccc2)s1. The van der Waals surface area contributed by atoms with E-state index in [0.29, 0.717) is 10.7 Å². The number of ketones is 1. The Bertz CT molecular complexity index is 1510. The van der Waals surface area contributed by atoms with Gasteiger partial charge in [-0.05, 0) is 51.1 Å². The first-order valence-corrected chi connectivity index (χ1v) is 14.0. The molecular formula is C25H23N3O5S3. The summed E-state index contributed by atoms with van der Waals surface area (Å²) in [6, 6.07) is 17.2. The second kappa shape index (κ2) is 10.6. The maximum absolute atomic E-state index is 13.6. The number of carbonyl (C=O) groups excluding carboxylic acids is 2. The summed E-state index contributed by atoms with van der Waals surface area (Å²) in [6.07, 6.45) is 0. The summed E-state index contributed by atoms with van der Waals surface area (Å²) >= 11 is 2.05. The molecule has 0 unspecified atom stereocenters. The molecule has 0 spiro atoms. The normalized spacial score (nSPS) is 11.2. The van der Waals surface area contributed by atoms with Crippen LogP contribution in [0, 0.1) is 13.8 Å². The Balaban J connectivity index is 1.66. The third-order valence-corrected chi connectivity index (χ3v) is 8.63. The zero-order valence-corrected chi connectivity index (χ0v) is 22.1. The Labute approximate surface area is 217 Å². The first-order valence-electron chi connectivity index (χ1n) is 10.9. The van der Waals surface area contributed by atoms with E-state index in [9.17, 15) is 18.0 Å². The van der Waals surface area contributed by atoms with Crippen LogP contribution in [0.5, 0.6) is 0 Å². The predicted molar refractivity (Wildman–Crippen MR) is 142 cm³/mol. The van der Waals surface area contributed by atoms with Gasteiger partial charge in [0.25, 0.3) is 10.0 Å². The van der Waals surface area contributed by atoms with Crippen molar-refractivity contribution in [2.24, 2.45) is 0 Å². The summed E-state index contributed by atoms with van der Waals surface area (Å²) < 4.78 is 33.1. The van der Waals surface area contributed by atoms with Gasteiger partial charge in [0, 0.05) is 5.69 Å². The molecule has 0 aliphatic carbocycles. The Kier molecular flexibility index (Phi) is 7.53. The largest absolute Gasteiger partial charge is 0.462 e. The molecule has 36 heavy (non-hydrogen) atoms. The summed E-state index contributed by atoms with van der Waals surface area (Å²) in [5, 5.41) is 3.75. The number of sulfonamides is 1.